The Bertz CT molecular complexity index is 560. The zero-order valence-corrected chi connectivity index (χ0v) is 11.0. The van der Waals surface area contributed by atoms with Gasteiger partial charge in [0.05, 0.1) is 5.02 Å². The topological polar surface area (TPSA) is 32.9 Å². The van der Waals surface area contributed by atoms with Gasteiger partial charge in [-0.3, -0.25) is 4.79 Å². The summed E-state index contributed by atoms with van der Waals surface area (Å²) in [6.45, 7) is 2.06. The first-order valence-corrected chi connectivity index (χ1v) is 6.38. The fourth-order valence-corrected chi connectivity index (χ4v) is 2.47. The maximum absolute atomic E-state index is 12.0. The zero-order valence-electron chi connectivity index (χ0n) is 9.52. The van der Waals surface area contributed by atoms with E-state index >= 15 is 0 Å². The van der Waals surface area contributed by atoms with Gasteiger partial charge in [0.1, 0.15) is 0 Å². The largest absolute Gasteiger partial charge is 0.360 e. The van der Waals surface area contributed by atoms with Gasteiger partial charge in [-0.25, -0.2) is 0 Å². The lowest BCUT2D eigenvalue weighted by Gasteiger charge is -2.00. The molecular weight excluding hydrogens is 257 g/mol. The number of aromatic amines is 1. The molecule has 0 fully saturated rings. The second-order valence-corrected chi connectivity index (χ2v) is 4.88. The van der Waals surface area contributed by atoms with Crippen LogP contribution < -0.4 is 0 Å². The summed E-state index contributed by atoms with van der Waals surface area (Å²) in [5.41, 5.74) is 1.47. The number of fused-ring (bicyclic) bond motifs is 1. The molecular formula is C13H13Cl2NO. The summed E-state index contributed by atoms with van der Waals surface area (Å²) in [5.74, 6) is 0.127. The Balaban J connectivity index is 2.45. The van der Waals surface area contributed by atoms with Gasteiger partial charge in [0.2, 0.25) is 0 Å². The van der Waals surface area contributed by atoms with Crippen LogP contribution in [0.1, 0.15) is 36.5 Å². The average Bonchev–Trinajstić information content (AvgIpc) is 2.69. The highest BCUT2D eigenvalue weighted by Gasteiger charge is 2.14. The highest BCUT2D eigenvalue weighted by molar-refractivity contribution is 6.39. The number of H-pyrrole nitrogens is 1. The number of rotatable bonds is 4. The first kappa shape index (κ1) is 12.5. The van der Waals surface area contributed by atoms with Crippen molar-refractivity contribution >= 4 is 39.9 Å². The summed E-state index contributed by atoms with van der Waals surface area (Å²) in [5, 5.41) is 1.86. The molecule has 0 aliphatic heterocycles. The van der Waals surface area contributed by atoms with Crippen molar-refractivity contribution in [3.05, 3.63) is 33.9 Å². The summed E-state index contributed by atoms with van der Waals surface area (Å²) < 4.78 is 0. The van der Waals surface area contributed by atoms with Crippen LogP contribution in [0.4, 0.5) is 0 Å². The predicted octanol–water partition coefficient (Wildman–Crippen LogP) is 4.85. The standard InChI is InChI=1S/C13H13Cl2NO/c1-2-3-4-12(17)9-7-16-11-6-8(14)5-10(15)13(9)11/h5-7,16H,2-4H2,1H3. The maximum atomic E-state index is 12.0. The van der Waals surface area contributed by atoms with Crippen LogP contribution in [0, 0.1) is 0 Å². The fraction of sp³-hybridized carbons (Fsp3) is 0.308. The van der Waals surface area contributed by atoms with Crippen molar-refractivity contribution in [2.75, 3.05) is 0 Å². The molecule has 2 aromatic rings. The van der Waals surface area contributed by atoms with Gasteiger partial charge in [0.25, 0.3) is 0 Å². The van der Waals surface area contributed by atoms with Crippen molar-refractivity contribution < 1.29 is 4.79 Å². The highest BCUT2D eigenvalue weighted by Crippen LogP contribution is 2.31. The van der Waals surface area contributed by atoms with Crippen molar-refractivity contribution in [2.24, 2.45) is 0 Å². The monoisotopic (exact) mass is 269 g/mol. The smallest absolute Gasteiger partial charge is 0.165 e. The molecule has 0 spiro atoms. The van der Waals surface area contributed by atoms with E-state index in [9.17, 15) is 4.79 Å². The third-order valence-electron chi connectivity index (χ3n) is 2.75. The molecule has 0 radical (unpaired) electrons. The number of ketones is 1. The molecule has 2 nitrogen and oxygen atoms in total. The second kappa shape index (κ2) is 5.11. The lowest BCUT2D eigenvalue weighted by Crippen LogP contribution is -1.97. The summed E-state index contributed by atoms with van der Waals surface area (Å²) in [7, 11) is 0. The van der Waals surface area contributed by atoms with Gasteiger partial charge >= 0.3 is 0 Å². The minimum Gasteiger partial charge on any atom is -0.360 e. The van der Waals surface area contributed by atoms with Gasteiger partial charge in [-0.05, 0) is 18.6 Å². The molecule has 0 unspecified atom stereocenters. The summed E-state index contributed by atoms with van der Waals surface area (Å²) >= 11 is 12.0. The number of Topliss-reactive ketones (excluding diaryl/α,β-unsaturated/α-hetero) is 1. The molecule has 90 valence electrons. The predicted molar refractivity (Wildman–Crippen MR) is 72.2 cm³/mol. The summed E-state index contributed by atoms with van der Waals surface area (Å²) in [4.78, 5) is 15.0. The van der Waals surface area contributed by atoms with Crippen LogP contribution in [-0.2, 0) is 0 Å². The number of aromatic nitrogens is 1. The Morgan fingerprint density at radius 1 is 1.35 bits per heavy atom. The normalized spacial score (nSPS) is 11.0. The summed E-state index contributed by atoms with van der Waals surface area (Å²) in [6.07, 6.45) is 4.18. The Kier molecular flexibility index (Phi) is 3.75. The van der Waals surface area contributed by atoms with Crippen LogP contribution in [0.2, 0.25) is 10.0 Å². The number of nitrogens with one attached hydrogen (secondary N) is 1. The van der Waals surface area contributed by atoms with E-state index in [4.69, 9.17) is 23.2 Å². The zero-order chi connectivity index (χ0) is 12.4. The molecule has 0 amide bonds. The third kappa shape index (κ3) is 2.48. The molecule has 0 aliphatic rings. The van der Waals surface area contributed by atoms with E-state index in [0.29, 0.717) is 22.0 Å². The van der Waals surface area contributed by atoms with Gasteiger partial charge < -0.3 is 4.98 Å². The number of halogens is 2. The number of carbonyl (C=O) groups is 1. The van der Waals surface area contributed by atoms with Crippen molar-refractivity contribution in [3.8, 4) is 0 Å². The summed E-state index contributed by atoms with van der Waals surface area (Å²) in [6, 6.07) is 3.44. The molecule has 1 heterocycles. The van der Waals surface area contributed by atoms with E-state index < -0.39 is 0 Å². The molecule has 0 saturated heterocycles. The van der Waals surface area contributed by atoms with Crippen LogP contribution in [0.15, 0.2) is 18.3 Å². The Hall–Kier alpha value is -0.990. The van der Waals surface area contributed by atoms with E-state index in [1.54, 1.807) is 18.3 Å². The third-order valence-corrected chi connectivity index (χ3v) is 3.27. The number of unbranched alkanes of at least 4 members (excludes halogenated alkanes) is 1. The number of carbonyl (C=O) groups excluding carboxylic acids is 1. The van der Waals surface area contributed by atoms with Crippen LogP contribution in [-0.4, -0.2) is 10.8 Å². The molecule has 1 N–H and O–H groups in total. The molecule has 4 heteroatoms. The lowest BCUT2D eigenvalue weighted by molar-refractivity contribution is 0.0981. The Morgan fingerprint density at radius 2 is 2.12 bits per heavy atom. The minimum absolute atomic E-state index is 0.127. The molecule has 0 atom stereocenters. The van der Waals surface area contributed by atoms with Gasteiger partial charge in [-0.15, -0.1) is 0 Å². The van der Waals surface area contributed by atoms with Crippen molar-refractivity contribution in [1.82, 2.24) is 4.98 Å². The first-order chi connectivity index (χ1) is 8.13. The molecule has 2 rings (SSSR count). The average molecular weight is 270 g/mol. The minimum atomic E-state index is 0.127. The van der Waals surface area contributed by atoms with Crippen LogP contribution in [0.3, 0.4) is 0 Å². The quantitative estimate of drug-likeness (QED) is 0.791. The fourth-order valence-electron chi connectivity index (χ4n) is 1.88. The molecule has 0 aliphatic carbocycles. The van der Waals surface area contributed by atoms with E-state index in [-0.39, 0.29) is 5.78 Å². The van der Waals surface area contributed by atoms with E-state index in [2.05, 4.69) is 11.9 Å². The van der Waals surface area contributed by atoms with Crippen molar-refractivity contribution in [3.63, 3.8) is 0 Å². The van der Waals surface area contributed by atoms with Gasteiger partial charge in [-0.1, -0.05) is 36.5 Å². The van der Waals surface area contributed by atoms with E-state index in [0.717, 1.165) is 23.7 Å². The molecule has 1 aromatic heterocycles. The molecule has 1 aromatic carbocycles. The highest BCUT2D eigenvalue weighted by atomic mass is 35.5. The SMILES string of the molecule is CCCCC(=O)c1c[nH]c2cc(Cl)cc(Cl)c12. The van der Waals surface area contributed by atoms with Gasteiger partial charge in [0, 0.05) is 34.1 Å². The van der Waals surface area contributed by atoms with Crippen molar-refractivity contribution in [1.29, 1.82) is 0 Å². The maximum Gasteiger partial charge on any atom is 0.165 e. The number of hydrogen-bond acceptors (Lipinski definition) is 1. The van der Waals surface area contributed by atoms with E-state index in [1.165, 1.54) is 0 Å². The molecule has 0 saturated carbocycles. The number of benzene rings is 1. The first-order valence-electron chi connectivity index (χ1n) is 5.62. The number of hydrogen-bond donors (Lipinski definition) is 1. The lowest BCUT2D eigenvalue weighted by atomic mass is 10.0. The van der Waals surface area contributed by atoms with Crippen LogP contribution in [0.5, 0.6) is 0 Å². The van der Waals surface area contributed by atoms with Crippen LogP contribution in [0.25, 0.3) is 10.9 Å². The van der Waals surface area contributed by atoms with E-state index in [1.807, 2.05) is 0 Å². The Morgan fingerprint density at radius 3 is 2.82 bits per heavy atom. The van der Waals surface area contributed by atoms with Gasteiger partial charge in [-0.2, -0.15) is 0 Å². The van der Waals surface area contributed by atoms with Crippen LogP contribution >= 0.6 is 23.2 Å². The molecule has 17 heavy (non-hydrogen) atoms. The second-order valence-electron chi connectivity index (χ2n) is 4.04. The Labute approximate surface area is 110 Å². The van der Waals surface area contributed by atoms with Crippen molar-refractivity contribution in [2.45, 2.75) is 26.2 Å². The molecule has 0 bridgehead atoms. The van der Waals surface area contributed by atoms with Gasteiger partial charge in [0.15, 0.2) is 5.78 Å².